The highest BCUT2D eigenvalue weighted by molar-refractivity contribution is 7.90. The molecule has 4 rings (SSSR count). The molecule has 10 heteroatoms. The van der Waals surface area contributed by atoms with Crippen LogP contribution in [0.3, 0.4) is 0 Å². The summed E-state index contributed by atoms with van der Waals surface area (Å²) in [5.74, 6) is -2.93. The molecule has 1 saturated heterocycles. The van der Waals surface area contributed by atoms with Crippen LogP contribution in [-0.4, -0.2) is 49.6 Å². The van der Waals surface area contributed by atoms with Crippen molar-refractivity contribution in [2.75, 3.05) is 29.6 Å². The molecule has 0 unspecified atom stereocenters. The molecule has 1 amide bonds. The summed E-state index contributed by atoms with van der Waals surface area (Å²) in [5.41, 5.74) is 1.14. The molecule has 0 radical (unpaired) electrons. The number of anilines is 2. The van der Waals surface area contributed by atoms with E-state index in [0.29, 0.717) is 17.9 Å². The van der Waals surface area contributed by atoms with Gasteiger partial charge in [-0.25, -0.2) is 27.2 Å². The molecule has 1 fully saturated rings. The number of rotatable bonds is 4. The van der Waals surface area contributed by atoms with Crippen LogP contribution in [0.1, 0.15) is 29.6 Å². The Bertz CT molecular complexity index is 1280. The number of nitrogens with one attached hydrogen (secondary N) is 1. The lowest BCUT2D eigenvalue weighted by atomic mass is 10.1. The lowest BCUT2D eigenvalue weighted by molar-refractivity contribution is -0.0102. The van der Waals surface area contributed by atoms with Gasteiger partial charge in [0.2, 0.25) is 5.92 Å². The third-order valence-corrected chi connectivity index (χ3v) is 6.32. The Morgan fingerprint density at radius 2 is 1.91 bits per heavy atom. The number of fused-ring (bicyclic) bond motifs is 1. The molecule has 0 bridgehead atoms. The first-order chi connectivity index (χ1) is 15.1. The molecule has 32 heavy (non-hydrogen) atoms. The average molecular weight is 461 g/mol. The predicted octanol–water partition coefficient (Wildman–Crippen LogP) is 3.91. The monoisotopic (exact) mass is 460 g/mol. The fourth-order valence-corrected chi connectivity index (χ4v) is 4.27. The topological polar surface area (TPSA) is 92.3 Å². The fourth-order valence-electron chi connectivity index (χ4n) is 3.68. The van der Waals surface area contributed by atoms with Crippen molar-refractivity contribution < 1.29 is 22.0 Å². The summed E-state index contributed by atoms with van der Waals surface area (Å²) in [6.45, 7) is 0.431. The van der Waals surface area contributed by atoms with E-state index in [2.05, 4.69) is 15.3 Å². The van der Waals surface area contributed by atoms with Crippen LogP contribution in [0.4, 0.5) is 20.3 Å². The molecule has 0 spiro atoms. The molecule has 0 aliphatic carbocycles. The van der Waals surface area contributed by atoms with Gasteiger partial charge >= 0.3 is 0 Å². The first kappa shape index (κ1) is 22.1. The molecule has 1 aliphatic rings. The smallest absolute Gasteiger partial charge is 0.259 e. The van der Waals surface area contributed by atoms with Gasteiger partial charge in [-0.1, -0.05) is 18.2 Å². The van der Waals surface area contributed by atoms with E-state index in [1.165, 1.54) is 18.3 Å². The second-order valence-corrected chi connectivity index (χ2v) is 9.82. The number of pyridine rings is 2. The number of benzene rings is 1. The summed E-state index contributed by atoms with van der Waals surface area (Å²) < 4.78 is 51.4. The van der Waals surface area contributed by atoms with Gasteiger partial charge in [-0.05, 0) is 30.7 Å². The van der Waals surface area contributed by atoms with Gasteiger partial charge in [0.1, 0.15) is 5.82 Å². The Kier molecular flexibility index (Phi) is 5.81. The summed E-state index contributed by atoms with van der Waals surface area (Å²) in [6, 6.07) is 11.7. The molecule has 0 atom stereocenters. The quantitative estimate of drug-likeness (QED) is 0.635. The minimum atomic E-state index is -3.55. The summed E-state index contributed by atoms with van der Waals surface area (Å²) >= 11 is 0. The highest BCUT2D eigenvalue weighted by Gasteiger charge is 2.33. The van der Waals surface area contributed by atoms with Crippen molar-refractivity contribution in [2.24, 2.45) is 0 Å². The van der Waals surface area contributed by atoms with Gasteiger partial charge < -0.3 is 10.2 Å². The number of alkyl halides is 2. The first-order valence-electron chi connectivity index (χ1n) is 10.1. The van der Waals surface area contributed by atoms with Gasteiger partial charge in [0, 0.05) is 49.5 Å². The Morgan fingerprint density at radius 3 is 2.69 bits per heavy atom. The molecule has 3 aromatic rings. The summed E-state index contributed by atoms with van der Waals surface area (Å²) in [4.78, 5) is 23.4. The van der Waals surface area contributed by atoms with Crippen molar-refractivity contribution in [1.29, 1.82) is 0 Å². The van der Waals surface area contributed by atoms with Crippen LogP contribution in [-0.2, 0) is 9.84 Å². The number of hydrogen-bond acceptors (Lipinski definition) is 6. The maximum Gasteiger partial charge on any atom is 0.259 e. The Balaban J connectivity index is 1.72. The zero-order chi connectivity index (χ0) is 22.9. The summed E-state index contributed by atoms with van der Waals surface area (Å²) in [5, 5.41) is 3.25. The molecule has 2 aromatic heterocycles. The Labute approximate surface area is 184 Å². The molecule has 1 N–H and O–H groups in total. The van der Waals surface area contributed by atoms with Crippen LogP contribution in [0, 0.1) is 0 Å². The van der Waals surface area contributed by atoms with E-state index < -0.39 is 21.7 Å². The van der Waals surface area contributed by atoms with E-state index >= 15 is 0 Å². The lowest BCUT2D eigenvalue weighted by Crippen LogP contribution is -2.29. The summed E-state index contributed by atoms with van der Waals surface area (Å²) in [7, 11) is -3.55. The van der Waals surface area contributed by atoms with E-state index in [0.717, 1.165) is 11.6 Å². The zero-order valence-corrected chi connectivity index (χ0v) is 18.2. The molecular weight excluding hydrogens is 438 g/mol. The number of nitrogens with zero attached hydrogens (tertiary/aromatic N) is 3. The van der Waals surface area contributed by atoms with E-state index in [4.69, 9.17) is 0 Å². The van der Waals surface area contributed by atoms with Crippen molar-refractivity contribution >= 4 is 38.2 Å². The van der Waals surface area contributed by atoms with Crippen molar-refractivity contribution in [3.63, 3.8) is 0 Å². The van der Waals surface area contributed by atoms with E-state index in [-0.39, 0.29) is 42.1 Å². The number of amides is 1. The standard InChI is InChI=1S/C22H22F2N4O3S/c1-32(30,31)19-14-16(7-10-25-19)26-21(29)17-13-15-5-2-3-6-18(15)27-20(17)28-11-4-8-22(23,24)9-12-28/h2-3,5-7,10,13-14H,4,8-9,11-12H2,1H3,(H,25,26,29). The molecule has 1 aromatic carbocycles. The van der Waals surface area contributed by atoms with Gasteiger partial charge in [0.15, 0.2) is 14.9 Å². The minimum absolute atomic E-state index is 0.0755. The second-order valence-electron chi connectivity index (χ2n) is 7.86. The molecule has 0 saturated carbocycles. The normalized spacial score (nSPS) is 16.5. The van der Waals surface area contributed by atoms with Crippen LogP contribution in [0.25, 0.3) is 10.9 Å². The molecule has 1 aliphatic heterocycles. The van der Waals surface area contributed by atoms with Gasteiger partial charge in [0.05, 0.1) is 11.1 Å². The lowest BCUT2D eigenvalue weighted by Gasteiger charge is -2.24. The van der Waals surface area contributed by atoms with Gasteiger partial charge in [-0.3, -0.25) is 4.79 Å². The predicted molar refractivity (Wildman–Crippen MR) is 118 cm³/mol. The second kappa shape index (κ2) is 8.42. The third kappa shape index (κ3) is 4.85. The maximum atomic E-state index is 13.9. The zero-order valence-electron chi connectivity index (χ0n) is 17.4. The highest BCUT2D eigenvalue weighted by Crippen LogP contribution is 2.32. The number of carbonyl (C=O) groups is 1. The molecule has 3 heterocycles. The highest BCUT2D eigenvalue weighted by atomic mass is 32.2. The van der Waals surface area contributed by atoms with Crippen molar-refractivity contribution in [2.45, 2.75) is 30.2 Å². The number of sulfone groups is 1. The van der Waals surface area contributed by atoms with E-state index in [9.17, 15) is 22.0 Å². The van der Waals surface area contributed by atoms with Crippen LogP contribution in [0.2, 0.25) is 0 Å². The molecular formula is C22H22F2N4O3S. The van der Waals surface area contributed by atoms with Gasteiger partial charge in [0.25, 0.3) is 5.91 Å². The van der Waals surface area contributed by atoms with Crippen molar-refractivity contribution in [3.05, 3.63) is 54.2 Å². The van der Waals surface area contributed by atoms with Crippen LogP contribution < -0.4 is 10.2 Å². The summed E-state index contributed by atoms with van der Waals surface area (Å²) in [6.07, 6.45) is 2.09. The average Bonchev–Trinajstić information content (AvgIpc) is 2.92. The van der Waals surface area contributed by atoms with Crippen molar-refractivity contribution in [3.8, 4) is 0 Å². The Morgan fingerprint density at radius 1 is 1.12 bits per heavy atom. The number of hydrogen-bond donors (Lipinski definition) is 1. The number of carbonyl (C=O) groups excluding carboxylic acids is 1. The first-order valence-corrected chi connectivity index (χ1v) is 12.0. The minimum Gasteiger partial charge on any atom is -0.356 e. The number of aromatic nitrogens is 2. The fraction of sp³-hybridized carbons (Fsp3) is 0.318. The van der Waals surface area contributed by atoms with Crippen molar-refractivity contribution in [1.82, 2.24) is 9.97 Å². The number of para-hydroxylation sites is 1. The van der Waals surface area contributed by atoms with Crippen LogP contribution in [0.5, 0.6) is 0 Å². The van der Waals surface area contributed by atoms with E-state index in [1.54, 1.807) is 17.0 Å². The maximum absolute atomic E-state index is 13.9. The van der Waals surface area contributed by atoms with Gasteiger partial charge in [-0.15, -0.1) is 0 Å². The third-order valence-electron chi connectivity index (χ3n) is 5.34. The Hall–Kier alpha value is -3.14. The SMILES string of the molecule is CS(=O)(=O)c1cc(NC(=O)c2cc3ccccc3nc2N2CCCC(F)(F)CC2)ccn1. The number of halogens is 2. The van der Waals surface area contributed by atoms with Gasteiger partial charge in [-0.2, -0.15) is 0 Å². The van der Waals surface area contributed by atoms with Crippen LogP contribution in [0.15, 0.2) is 53.7 Å². The largest absolute Gasteiger partial charge is 0.356 e. The van der Waals surface area contributed by atoms with E-state index in [1.807, 2.05) is 18.2 Å². The molecule has 168 valence electrons. The van der Waals surface area contributed by atoms with Crippen LogP contribution >= 0.6 is 0 Å². The molecule has 7 nitrogen and oxygen atoms in total.